The fourth-order valence-electron chi connectivity index (χ4n) is 1.51. The van der Waals surface area contributed by atoms with Crippen LogP contribution in [-0.4, -0.2) is 37.1 Å². The Morgan fingerprint density at radius 1 is 1.05 bits per heavy atom. The topological polar surface area (TPSA) is 69.7 Å². The Kier molecular flexibility index (Phi) is 8.74. The Bertz CT molecular complexity index is 298. The molecule has 0 aromatic rings. The minimum atomic E-state index is -1.41. The molecule has 0 saturated heterocycles. The second-order valence-corrected chi connectivity index (χ2v) is 4.13. The van der Waals surface area contributed by atoms with Crippen molar-refractivity contribution in [3.05, 3.63) is 0 Å². The molecule has 1 atom stereocenters. The van der Waals surface area contributed by atoms with Gasteiger partial charge in [0.05, 0.1) is 13.2 Å². The summed E-state index contributed by atoms with van der Waals surface area (Å²) in [5.74, 6) is -2.97. The first kappa shape index (κ1) is 17.5. The molecule has 0 saturated carbocycles. The number of alkyl halides is 1. The summed E-state index contributed by atoms with van der Waals surface area (Å²) in [5.41, 5.74) is 0. The van der Waals surface area contributed by atoms with Gasteiger partial charge >= 0.3 is 11.9 Å². The Morgan fingerprint density at radius 2 is 1.53 bits per heavy atom. The van der Waals surface area contributed by atoms with Crippen molar-refractivity contribution in [1.82, 2.24) is 0 Å². The lowest BCUT2D eigenvalue weighted by Crippen LogP contribution is -2.30. The summed E-state index contributed by atoms with van der Waals surface area (Å²) in [6.07, 6.45) is -1.66. The summed E-state index contributed by atoms with van der Waals surface area (Å²) in [5, 5.41) is 0. The SMILES string of the molecule is CCOC(=O)C(CC(F)CCC(C)=O)C(=O)OCC. The van der Waals surface area contributed by atoms with Gasteiger partial charge in [-0.25, -0.2) is 4.39 Å². The smallest absolute Gasteiger partial charge is 0.320 e. The van der Waals surface area contributed by atoms with E-state index in [9.17, 15) is 18.8 Å². The van der Waals surface area contributed by atoms with Crippen LogP contribution in [0.3, 0.4) is 0 Å². The second kappa shape index (κ2) is 9.47. The van der Waals surface area contributed by atoms with E-state index in [-0.39, 0.29) is 38.3 Å². The monoisotopic (exact) mass is 276 g/mol. The summed E-state index contributed by atoms with van der Waals surface area (Å²) in [7, 11) is 0. The lowest BCUT2D eigenvalue weighted by atomic mass is 9.99. The predicted molar refractivity (Wildman–Crippen MR) is 66.2 cm³/mol. The van der Waals surface area contributed by atoms with Crippen LogP contribution >= 0.6 is 0 Å². The van der Waals surface area contributed by atoms with Gasteiger partial charge in [0.25, 0.3) is 0 Å². The number of halogens is 1. The van der Waals surface area contributed by atoms with Gasteiger partial charge < -0.3 is 14.3 Å². The molecule has 0 rings (SSSR count). The normalized spacial score (nSPS) is 12.1. The maximum atomic E-state index is 13.6. The second-order valence-electron chi connectivity index (χ2n) is 4.13. The zero-order valence-electron chi connectivity index (χ0n) is 11.6. The quantitative estimate of drug-likeness (QED) is 0.474. The van der Waals surface area contributed by atoms with E-state index in [1.165, 1.54) is 6.92 Å². The first-order valence-electron chi connectivity index (χ1n) is 6.39. The number of carbonyl (C=O) groups excluding carboxylic acids is 3. The largest absolute Gasteiger partial charge is 0.465 e. The Balaban J connectivity index is 4.52. The molecule has 0 amide bonds. The lowest BCUT2D eigenvalue weighted by Gasteiger charge is -2.16. The third kappa shape index (κ3) is 7.54. The number of esters is 2. The molecule has 0 aliphatic rings. The molecule has 6 heteroatoms. The number of Topliss-reactive ketones (excluding diaryl/α,β-unsaturated/α-hetero) is 1. The van der Waals surface area contributed by atoms with E-state index >= 15 is 0 Å². The molecule has 0 bridgehead atoms. The third-order valence-electron chi connectivity index (χ3n) is 2.44. The summed E-state index contributed by atoms with van der Waals surface area (Å²) in [6, 6.07) is 0. The van der Waals surface area contributed by atoms with E-state index in [0.717, 1.165) is 0 Å². The van der Waals surface area contributed by atoms with Crippen LogP contribution in [-0.2, 0) is 23.9 Å². The maximum absolute atomic E-state index is 13.6. The Morgan fingerprint density at radius 3 is 1.89 bits per heavy atom. The number of hydrogen-bond acceptors (Lipinski definition) is 5. The van der Waals surface area contributed by atoms with E-state index in [1.54, 1.807) is 13.8 Å². The number of hydrogen-bond donors (Lipinski definition) is 0. The molecule has 5 nitrogen and oxygen atoms in total. The molecule has 0 N–H and O–H groups in total. The van der Waals surface area contributed by atoms with Crippen molar-refractivity contribution in [3.8, 4) is 0 Å². The van der Waals surface area contributed by atoms with E-state index in [0.29, 0.717) is 0 Å². The Labute approximate surface area is 112 Å². The zero-order chi connectivity index (χ0) is 14.8. The van der Waals surface area contributed by atoms with Crippen molar-refractivity contribution in [1.29, 1.82) is 0 Å². The molecule has 110 valence electrons. The van der Waals surface area contributed by atoms with Crippen molar-refractivity contribution in [2.45, 2.75) is 46.2 Å². The molecule has 0 fully saturated rings. The molecule has 0 aromatic carbocycles. The minimum Gasteiger partial charge on any atom is -0.465 e. The fraction of sp³-hybridized carbons (Fsp3) is 0.769. The molecule has 1 unspecified atom stereocenters. The summed E-state index contributed by atoms with van der Waals surface area (Å²) >= 11 is 0. The van der Waals surface area contributed by atoms with Crippen LogP contribution in [0.25, 0.3) is 0 Å². The average Bonchev–Trinajstić information content (AvgIpc) is 2.33. The van der Waals surface area contributed by atoms with Crippen LogP contribution in [0.4, 0.5) is 4.39 Å². The first-order valence-corrected chi connectivity index (χ1v) is 6.39. The van der Waals surface area contributed by atoms with Crippen molar-refractivity contribution in [2.75, 3.05) is 13.2 Å². The highest BCUT2D eigenvalue weighted by molar-refractivity contribution is 5.94. The number of ketones is 1. The number of ether oxygens (including phenoxy) is 2. The third-order valence-corrected chi connectivity index (χ3v) is 2.44. The average molecular weight is 276 g/mol. The van der Waals surface area contributed by atoms with Crippen LogP contribution in [0.5, 0.6) is 0 Å². The van der Waals surface area contributed by atoms with Gasteiger partial charge in [0.15, 0.2) is 5.92 Å². The first-order chi connectivity index (χ1) is 8.92. The molecular formula is C13H21FO5. The van der Waals surface area contributed by atoms with Crippen LogP contribution in [0.15, 0.2) is 0 Å². The number of rotatable bonds is 9. The standard InChI is InChI=1S/C13H21FO5/c1-4-18-12(16)11(13(17)19-5-2)8-10(14)7-6-9(3)15/h10-11H,4-8H2,1-3H3. The predicted octanol–water partition coefficient (Wildman–Crippen LogP) is 1.83. The zero-order valence-corrected chi connectivity index (χ0v) is 11.6. The lowest BCUT2D eigenvalue weighted by molar-refractivity contribution is -0.162. The maximum Gasteiger partial charge on any atom is 0.320 e. The van der Waals surface area contributed by atoms with Crippen molar-refractivity contribution in [2.24, 2.45) is 5.92 Å². The van der Waals surface area contributed by atoms with Gasteiger partial charge in [0.2, 0.25) is 0 Å². The van der Waals surface area contributed by atoms with Gasteiger partial charge in [-0.3, -0.25) is 9.59 Å². The molecular weight excluding hydrogens is 255 g/mol. The van der Waals surface area contributed by atoms with Crippen LogP contribution in [0, 0.1) is 5.92 Å². The summed E-state index contributed by atoms with van der Waals surface area (Å²) in [6.45, 7) is 4.78. The number of carbonyl (C=O) groups is 3. The van der Waals surface area contributed by atoms with Gasteiger partial charge in [0.1, 0.15) is 12.0 Å². The minimum absolute atomic E-state index is 0.00928. The molecule has 0 spiro atoms. The van der Waals surface area contributed by atoms with Crippen molar-refractivity contribution >= 4 is 17.7 Å². The van der Waals surface area contributed by atoms with Gasteiger partial charge in [-0.1, -0.05) is 0 Å². The van der Waals surface area contributed by atoms with Gasteiger partial charge in [-0.2, -0.15) is 0 Å². The Hall–Kier alpha value is -1.46. The molecule has 0 heterocycles. The van der Waals surface area contributed by atoms with Crippen LogP contribution < -0.4 is 0 Å². The molecule has 0 radical (unpaired) electrons. The molecule has 0 aliphatic heterocycles. The van der Waals surface area contributed by atoms with E-state index in [4.69, 9.17) is 9.47 Å². The van der Waals surface area contributed by atoms with Gasteiger partial charge in [0, 0.05) is 12.8 Å². The molecule has 19 heavy (non-hydrogen) atoms. The van der Waals surface area contributed by atoms with Crippen LogP contribution in [0.1, 0.15) is 40.0 Å². The molecule has 0 aliphatic carbocycles. The molecule has 0 aromatic heterocycles. The highest BCUT2D eigenvalue weighted by Crippen LogP contribution is 2.17. The van der Waals surface area contributed by atoms with Crippen molar-refractivity contribution < 1.29 is 28.2 Å². The van der Waals surface area contributed by atoms with Gasteiger partial charge in [-0.15, -0.1) is 0 Å². The van der Waals surface area contributed by atoms with E-state index in [1.807, 2.05) is 0 Å². The fourth-order valence-corrected chi connectivity index (χ4v) is 1.51. The highest BCUT2D eigenvalue weighted by Gasteiger charge is 2.32. The highest BCUT2D eigenvalue weighted by atomic mass is 19.1. The van der Waals surface area contributed by atoms with E-state index in [2.05, 4.69) is 0 Å². The van der Waals surface area contributed by atoms with Gasteiger partial charge in [-0.05, 0) is 27.2 Å². The van der Waals surface area contributed by atoms with E-state index < -0.39 is 24.0 Å². The summed E-state index contributed by atoms with van der Waals surface area (Å²) in [4.78, 5) is 33.9. The summed E-state index contributed by atoms with van der Waals surface area (Å²) < 4.78 is 23.1. The van der Waals surface area contributed by atoms with Crippen LogP contribution in [0.2, 0.25) is 0 Å². The van der Waals surface area contributed by atoms with Crippen molar-refractivity contribution in [3.63, 3.8) is 0 Å².